The van der Waals surface area contributed by atoms with Gasteiger partial charge in [-0.2, -0.15) is 0 Å². The highest BCUT2D eigenvalue weighted by molar-refractivity contribution is 7.08. The van der Waals surface area contributed by atoms with Crippen LogP contribution in [0.1, 0.15) is 28.7 Å². The highest BCUT2D eigenvalue weighted by atomic mass is 35.5. The molecule has 6 nitrogen and oxygen atoms in total. The third-order valence-corrected chi connectivity index (χ3v) is 3.25. The topological polar surface area (TPSA) is 81.2 Å². The molecule has 1 N–H and O–H groups in total. The monoisotopic (exact) mass is 291 g/mol. The van der Waals surface area contributed by atoms with E-state index in [1.54, 1.807) is 0 Å². The van der Waals surface area contributed by atoms with Crippen LogP contribution >= 0.6 is 23.1 Å². The van der Waals surface area contributed by atoms with Crippen molar-refractivity contribution in [2.24, 2.45) is 0 Å². The fourth-order valence-electron chi connectivity index (χ4n) is 1.26. The second-order valence-electron chi connectivity index (χ2n) is 3.50. The quantitative estimate of drug-likeness (QED) is 0.625. The molecule has 0 aliphatic heterocycles. The molecule has 1 aromatic rings. The number of esters is 1. The molecule has 0 aliphatic rings. The Morgan fingerprint density at radius 2 is 2.28 bits per heavy atom. The van der Waals surface area contributed by atoms with Crippen LogP contribution in [0.5, 0.6) is 0 Å². The summed E-state index contributed by atoms with van der Waals surface area (Å²) in [4.78, 5) is 23.3. The summed E-state index contributed by atoms with van der Waals surface area (Å²) < 4.78 is 8.20. The summed E-state index contributed by atoms with van der Waals surface area (Å²) in [6.45, 7) is 2.00. The van der Waals surface area contributed by atoms with Gasteiger partial charge in [0.2, 0.25) is 0 Å². The van der Waals surface area contributed by atoms with E-state index in [0.29, 0.717) is 17.0 Å². The van der Waals surface area contributed by atoms with E-state index in [4.69, 9.17) is 11.6 Å². The summed E-state index contributed by atoms with van der Waals surface area (Å²) in [5.74, 6) is -0.892. The predicted octanol–water partition coefficient (Wildman–Crippen LogP) is 1.00. The number of carbonyl (C=O) groups is 2. The number of aromatic nitrogens is 2. The lowest BCUT2D eigenvalue weighted by Gasteiger charge is -2.08. The predicted molar refractivity (Wildman–Crippen MR) is 67.9 cm³/mol. The van der Waals surface area contributed by atoms with Crippen LogP contribution in [0, 0.1) is 0 Å². The van der Waals surface area contributed by atoms with Gasteiger partial charge in [0.05, 0.1) is 12.8 Å². The fourth-order valence-corrected chi connectivity index (χ4v) is 2.05. The van der Waals surface area contributed by atoms with Crippen LogP contribution in [0.3, 0.4) is 0 Å². The van der Waals surface area contributed by atoms with Crippen LogP contribution in [-0.4, -0.2) is 40.5 Å². The number of methoxy groups -OCH3 is 1. The minimum atomic E-state index is -0.894. The van der Waals surface area contributed by atoms with Crippen LogP contribution in [0.2, 0.25) is 0 Å². The third kappa shape index (κ3) is 3.92. The average molecular weight is 292 g/mol. The van der Waals surface area contributed by atoms with E-state index in [1.165, 1.54) is 7.11 Å². The fraction of sp³-hybridized carbons (Fsp3) is 0.600. The van der Waals surface area contributed by atoms with Gasteiger partial charge in [0, 0.05) is 6.54 Å². The van der Waals surface area contributed by atoms with Crippen molar-refractivity contribution in [1.82, 2.24) is 14.9 Å². The zero-order valence-electron chi connectivity index (χ0n) is 10.1. The standard InChI is InChI=1S/C10H14ClN3O3S/c1-3-4-7-8(18-14-13-7)9(15)12-5-6(11)10(16)17-2/h6H,3-5H2,1-2H3,(H,12,15). The molecule has 1 atom stereocenters. The lowest BCUT2D eigenvalue weighted by molar-refractivity contribution is -0.140. The minimum absolute atomic E-state index is 0.0104. The molecule has 1 amide bonds. The van der Waals surface area contributed by atoms with Crippen molar-refractivity contribution in [2.75, 3.05) is 13.7 Å². The average Bonchev–Trinajstić information content (AvgIpc) is 2.83. The van der Waals surface area contributed by atoms with Gasteiger partial charge in [0.15, 0.2) is 0 Å². The Labute approximate surface area is 114 Å². The number of alkyl halides is 1. The van der Waals surface area contributed by atoms with E-state index in [9.17, 15) is 9.59 Å². The van der Waals surface area contributed by atoms with Gasteiger partial charge in [0.25, 0.3) is 5.91 Å². The van der Waals surface area contributed by atoms with Gasteiger partial charge >= 0.3 is 5.97 Å². The van der Waals surface area contributed by atoms with Gasteiger partial charge in [-0.25, -0.2) is 0 Å². The first kappa shape index (κ1) is 14.8. The van der Waals surface area contributed by atoms with Crippen LogP contribution in [0.15, 0.2) is 0 Å². The molecule has 0 aromatic carbocycles. The molecule has 100 valence electrons. The Morgan fingerprint density at radius 1 is 1.56 bits per heavy atom. The smallest absolute Gasteiger partial charge is 0.325 e. The number of aryl methyl sites for hydroxylation is 1. The van der Waals surface area contributed by atoms with E-state index < -0.39 is 11.3 Å². The number of carbonyl (C=O) groups excluding carboxylic acids is 2. The molecule has 1 unspecified atom stereocenters. The van der Waals surface area contributed by atoms with Crippen molar-refractivity contribution in [1.29, 1.82) is 0 Å². The van der Waals surface area contributed by atoms with Gasteiger partial charge in [-0.1, -0.05) is 17.8 Å². The molecule has 0 saturated heterocycles. The van der Waals surface area contributed by atoms with Gasteiger partial charge in [-0.15, -0.1) is 16.7 Å². The molecule has 0 bridgehead atoms. The molecule has 1 aromatic heterocycles. The highest BCUT2D eigenvalue weighted by Gasteiger charge is 2.20. The Balaban J connectivity index is 2.55. The SMILES string of the molecule is CCCc1nnsc1C(=O)NCC(Cl)C(=O)OC. The molecular formula is C10H14ClN3O3S. The number of halogens is 1. The Hall–Kier alpha value is -1.21. The third-order valence-electron chi connectivity index (χ3n) is 2.15. The molecule has 0 radical (unpaired) electrons. The molecule has 0 aliphatic carbocycles. The Morgan fingerprint density at radius 3 is 2.89 bits per heavy atom. The normalized spacial score (nSPS) is 11.9. The summed E-state index contributed by atoms with van der Waals surface area (Å²) in [7, 11) is 1.24. The van der Waals surface area contributed by atoms with Crippen molar-refractivity contribution < 1.29 is 14.3 Å². The largest absolute Gasteiger partial charge is 0.468 e. The maximum atomic E-state index is 11.8. The van der Waals surface area contributed by atoms with Crippen molar-refractivity contribution in [2.45, 2.75) is 25.1 Å². The van der Waals surface area contributed by atoms with Gasteiger partial charge in [-0.05, 0) is 18.0 Å². The van der Waals surface area contributed by atoms with Gasteiger partial charge < -0.3 is 10.1 Å². The van der Waals surface area contributed by atoms with E-state index >= 15 is 0 Å². The number of hydrogen-bond acceptors (Lipinski definition) is 6. The first-order valence-corrected chi connectivity index (χ1v) is 6.62. The number of nitrogens with zero attached hydrogens (tertiary/aromatic N) is 2. The summed E-state index contributed by atoms with van der Waals surface area (Å²) in [5, 5.41) is 5.55. The molecule has 0 saturated carbocycles. The highest BCUT2D eigenvalue weighted by Crippen LogP contribution is 2.12. The van der Waals surface area contributed by atoms with Crippen LogP contribution < -0.4 is 5.32 Å². The molecule has 8 heteroatoms. The number of hydrogen-bond donors (Lipinski definition) is 1. The number of nitrogens with one attached hydrogen (secondary N) is 1. The molecule has 1 rings (SSSR count). The van der Waals surface area contributed by atoms with Gasteiger partial charge in [-0.3, -0.25) is 9.59 Å². The maximum Gasteiger partial charge on any atom is 0.325 e. The summed E-state index contributed by atoms with van der Waals surface area (Å²) in [6.07, 6.45) is 1.58. The number of rotatable bonds is 6. The zero-order valence-corrected chi connectivity index (χ0v) is 11.7. The lowest BCUT2D eigenvalue weighted by atomic mass is 10.2. The first-order chi connectivity index (χ1) is 8.60. The summed E-state index contributed by atoms with van der Waals surface area (Å²) in [5.41, 5.74) is 0.671. The molecule has 18 heavy (non-hydrogen) atoms. The Bertz CT molecular complexity index is 424. The minimum Gasteiger partial charge on any atom is -0.468 e. The first-order valence-electron chi connectivity index (χ1n) is 5.41. The Kier molecular flexibility index (Phi) is 6.00. The van der Waals surface area contributed by atoms with Gasteiger partial charge in [0.1, 0.15) is 10.3 Å². The molecule has 1 heterocycles. The molecule has 0 fully saturated rings. The van der Waals surface area contributed by atoms with Crippen molar-refractivity contribution in [3.05, 3.63) is 10.6 Å². The van der Waals surface area contributed by atoms with E-state index in [2.05, 4.69) is 19.6 Å². The van der Waals surface area contributed by atoms with Crippen LogP contribution in [0.4, 0.5) is 0 Å². The molecular weight excluding hydrogens is 278 g/mol. The van der Waals surface area contributed by atoms with Crippen LogP contribution in [0.25, 0.3) is 0 Å². The summed E-state index contributed by atoms with van der Waals surface area (Å²) in [6, 6.07) is 0. The summed E-state index contributed by atoms with van der Waals surface area (Å²) >= 11 is 6.75. The zero-order chi connectivity index (χ0) is 13.5. The van der Waals surface area contributed by atoms with E-state index in [0.717, 1.165) is 18.0 Å². The van der Waals surface area contributed by atoms with Crippen LogP contribution in [-0.2, 0) is 16.0 Å². The lowest BCUT2D eigenvalue weighted by Crippen LogP contribution is -2.34. The van der Waals surface area contributed by atoms with Crippen molar-refractivity contribution in [3.63, 3.8) is 0 Å². The second kappa shape index (κ2) is 7.27. The maximum absolute atomic E-state index is 11.8. The van der Waals surface area contributed by atoms with Crippen molar-refractivity contribution in [3.8, 4) is 0 Å². The number of ether oxygens (including phenoxy) is 1. The second-order valence-corrected chi connectivity index (χ2v) is 4.78. The molecule has 0 spiro atoms. The van der Waals surface area contributed by atoms with E-state index in [1.807, 2.05) is 6.92 Å². The van der Waals surface area contributed by atoms with Crippen molar-refractivity contribution >= 4 is 35.0 Å². The number of amides is 1. The van der Waals surface area contributed by atoms with E-state index in [-0.39, 0.29) is 12.5 Å².